The fourth-order valence-corrected chi connectivity index (χ4v) is 3.99. The van der Waals surface area contributed by atoms with Gasteiger partial charge in [0.15, 0.2) is 11.0 Å². The van der Waals surface area contributed by atoms with E-state index in [1.807, 2.05) is 39.0 Å². The van der Waals surface area contributed by atoms with E-state index in [0.29, 0.717) is 17.4 Å². The lowest BCUT2D eigenvalue weighted by Crippen LogP contribution is -2.26. The summed E-state index contributed by atoms with van der Waals surface area (Å²) in [6, 6.07) is 11.6. The minimum Gasteiger partial charge on any atom is -0.345 e. The number of nitrogens with zero attached hydrogens (tertiary/aromatic N) is 3. The molecular formula is C23H26FN5O2S. The predicted octanol–water partition coefficient (Wildman–Crippen LogP) is 4.01. The molecule has 9 heteroatoms. The van der Waals surface area contributed by atoms with Crippen molar-refractivity contribution in [3.8, 4) is 0 Å². The van der Waals surface area contributed by atoms with E-state index in [1.54, 1.807) is 17.7 Å². The molecule has 1 aromatic heterocycles. The highest BCUT2D eigenvalue weighted by molar-refractivity contribution is 8.00. The number of hydrogen-bond donors (Lipinski definition) is 2. The Morgan fingerprint density at radius 3 is 2.59 bits per heavy atom. The van der Waals surface area contributed by atoms with Crippen molar-refractivity contribution in [1.29, 1.82) is 0 Å². The third-order valence-electron chi connectivity index (χ3n) is 5.22. The van der Waals surface area contributed by atoms with Gasteiger partial charge in [-0.25, -0.2) is 4.39 Å². The van der Waals surface area contributed by atoms with Gasteiger partial charge in [-0.05, 0) is 49.6 Å². The van der Waals surface area contributed by atoms with Crippen LogP contribution in [0.4, 0.5) is 10.1 Å². The van der Waals surface area contributed by atoms with E-state index in [4.69, 9.17) is 0 Å². The number of rotatable bonds is 8. The summed E-state index contributed by atoms with van der Waals surface area (Å²) in [5.74, 6) is -0.718. The van der Waals surface area contributed by atoms with Crippen LogP contribution in [-0.4, -0.2) is 31.8 Å². The van der Waals surface area contributed by atoms with Crippen molar-refractivity contribution in [2.24, 2.45) is 7.05 Å². The fourth-order valence-electron chi connectivity index (χ4n) is 3.05. The molecule has 0 spiro atoms. The standard InChI is InChI=1S/C23H26FN5O2S/c1-5-19(22(31)26-18-12-8-9-14(2)15(18)3)32-23-28-27-20(29(23)4)13-25-21(30)16-10-6-7-11-17(16)24/h6-12,19H,5,13H2,1-4H3,(H,25,30)(H,26,31)/t19-/m1/s1. The number of amides is 2. The first-order valence-corrected chi connectivity index (χ1v) is 11.1. The van der Waals surface area contributed by atoms with Crippen molar-refractivity contribution >= 4 is 29.3 Å². The van der Waals surface area contributed by atoms with E-state index < -0.39 is 11.7 Å². The number of halogens is 1. The molecule has 0 aliphatic carbocycles. The van der Waals surface area contributed by atoms with Gasteiger partial charge in [0, 0.05) is 12.7 Å². The van der Waals surface area contributed by atoms with Gasteiger partial charge in [0.05, 0.1) is 17.4 Å². The normalized spacial score (nSPS) is 11.8. The molecule has 0 radical (unpaired) electrons. The molecule has 0 saturated heterocycles. The highest BCUT2D eigenvalue weighted by Crippen LogP contribution is 2.26. The van der Waals surface area contributed by atoms with Crippen LogP contribution in [-0.2, 0) is 18.4 Å². The quantitative estimate of drug-likeness (QED) is 0.501. The summed E-state index contributed by atoms with van der Waals surface area (Å²) in [6.07, 6.45) is 0.605. The maximum Gasteiger partial charge on any atom is 0.254 e. The third-order valence-corrected chi connectivity index (χ3v) is 6.62. The van der Waals surface area contributed by atoms with Gasteiger partial charge in [-0.2, -0.15) is 0 Å². The molecule has 3 rings (SSSR count). The number of carbonyl (C=O) groups is 2. The van der Waals surface area contributed by atoms with Gasteiger partial charge in [-0.1, -0.05) is 43.0 Å². The Bertz CT molecular complexity index is 1130. The first-order valence-electron chi connectivity index (χ1n) is 10.3. The predicted molar refractivity (Wildman–Crippen MR) is 123 cm³/mol. The Kier molecular flexibility index (Phi) is 7.63. The van der Waals surface area contributed by atoms with Crippen LogP contribution < -0.4 is 10.6 Å². The molecule has 3 aromatic rings. The van der Waals surface area contributed by atoms with Gasteiger partial charge >= 0.3 is 0 Å². The van der Waals surface area contributed by atoms with Gasteiger partial charge in [0.25, 0.3) is 5.91 Å². The molecule has 0 fully saturated rings. The number of aromatic nitrogens is 3. The Hall–Kier alpha value is -3.20. The Balaban J connectivity index is 1.64. The van der Waals surface area contributed by atoms with Gasteiger partial charge in [0.1, 0.15) is 5.82 Å². The average molecular weight is 456 g/mol. The van der Waals surface area contributed by atoms with Crippen molar-refractivity contribution in [3.63, 3.8) is 0 Å². The monoisotopic (exact) mass is 455 g/mol. The second-order valence-electron chi connectivity index (χ2n) is 7.37. The first-order chi connectivity index (χ1) is 15.3. The van der Waals surface area contributed by atoms with Crippen molar-refractivity contribution in [2.45, 2.75) is 44.1 Å². The molecule has 2 aromatic carbocycles. The van der Waals surface area contributed by atoms with Crippen molar-refractivity contribution in [2.75, 3.05) is 5.32 Å². The molecule has 1 atom stereocenters. The summed E-state index contributed by atoms with van der Waals surface area (Å²) in [6.45, 7) is 6.00. The van der Waals surface area contributed by atoms with E-state index in [1.165, 1.54) is 30.0 Å². The van der Waals surface area contributed by atoms with Crippen LogP contribution in [0.25, 0.3) is 0 Å². The molecule has 32 heavy (non-hydrogen) atoms. The zero-order valence-electron chi connectivity index (χ0n) is 18.5. The zero-order chi connectivity index (χ0) is 23.3. The number of aryl methyl sites for hydroxylation is 1. The molecule has 2 amide bonds. The van der Waals surface area contributed by atoms with Crippen molar-refractivity contribution < 1.29 is 14.0 Å². The van der Waals surface area contributed by atoms with E-state index in [0.717, 1.165) is 16.8 Å². The summed E-state index contributed by atoms with van der Waals surface area (Å²) in [5, 5.41) is 14.1. The molecule has 1 heterocycles. The zero-order valence-corrected chi connectivity index (χ0v) is 19.3. The lowest BCUT2D eigenvalue weighted by atomic mass is 10.1. The smallest absolute Gasteiger partial charge is 0.254 e. The highest BCUT2D eigenvalue weighted by Gasteiger charge is 2.22. The largest absolute Gasteiger partial charge is 0.345 e. The summed E-state index contributed by atoms with van der Waals surface area (Å²) in [4.78, 5) is 25.1. The lowest BCUT2D eigenvalue weighted by Gasteiger charge is -2.16. The Morgan fingerprint density at radius 2 is 1.88 bits per heavy atom. The van der Waals surface area contributed by atoms with E-state index in [9.17, 15) is 14.0 Å². The second kappa shape index (κ2) is 10.4. The van der Waals surface area contributed by atoms with E-state index in [-0.39, 0.29) is 23.3 Å². The molecule has 0 aliphatic heterocycles. The Morgan fingerprint density at radius 1 is 1.12 bits per heavy atom. The SMILES string of the molecule is CC[C@@H](Sc1nnc(CNC(=O)c2ccccc2F)n1C)C(=O)Nc1cccc(C)c1C. The van der Waals surface area contributed by atoms with Crippen LogP contribution in [0, 0.1) is 19.7 Å². The van der Waals surface area contributed by atoms with Gasteiger partial charge in [-0.3, -0.25) is 9.59 Å². The van der Waals surface area contributed by atoms with Gasteiger partial charge < -0.3 is 15.2 Å². The minimum atomic E-state index is -0.583. The third kappa shape index (κ3) is 5.34. The molecular weight excluding hydrogens is 429 g/mol. The highest BCUT2D eigenvalue weighted by atomic mass is 32.2. The molecule has 7 nitrogen and oxygen atoms in total. The average Bonchev–Trinajstić information content (AvgIpc) is 3.12. The summed E-state index contributed by atoms with van der Waals surface area (Å²) >= 11 is 1.31. The van der Waals surface area contributed by atoms with Gasteiger partial charge in [0.2, 0.25) is 5.91 Å². The van der Waals surface area contributed by atoms with Crippen LogP contribution in [0.2, 0.25) is 0 Å². The maximum atomic E-state index is 13.8. The van der Waals surface area contributed by atoms with Crippen LogP contribution >= 0.6 is 11.8 Å². The molecule has 168 valence electrons. The summed E-state index contributed by atoms with van der Waals surface area (Å²) in [5.41, 5.74) is 2.91. The number of thioether (sulfide) groups is 1. The molecule has 2 N–H and O–H groups in total. The number of benzene rings is 2. The van der Waals surface area contributed by atoms with Crippen LogP contribution in [0.5, 0.6) is 0 Å². The summed E-state index contributed by atoms with van der Waals surface area (Å²) < 4.78 is 15.5. The number of anilines is 1. The number of nitrogens with one attached hydrogen (secondary N) is 2. The molecule has 0 unspecified atom stereocenters. The topological polar surface area (TPSA) is 88.9 Å². The molecule has 0 aliphatic rings. The Labute approximate surface area is 190 Å². The van der Waals surface area contributed by atoms with Crippen molar-refractivity contribution in [1.82, 2.24) is 20.1 Å². The van der Waals surface area contributed by atoms with Gasteiger partial charge in [-0.15, -0.1) is 10.2 Å². The van der Waals surface area contributed by atoms with Crippen LogP contribution in [0.1, 0.15) is 40.7 Å². The fraction of sp³-hybridized carbons (Fsp3) is 0.304. The first kappa shape index (κ1) is 23.5. The van der Waals surface area contributed by atoms with Crippen molar-refractivity contribution in [3.05, 3.63) is 70.8 Å². The number of carbonyl (C=O) groups excluding carboxylic acids is 2. The van der Waals surface area contributed by atoms with E-state index >= 15 is 0 Å². The van der Waals surface area contributed by atoms with E-state index in [2.05, 4.69) is 20.8 Å². The van der Waals surface area contributed by atoms with Crippen LogP contribution in [0.15, 0.2) is 47.6 Å². The number of hydrogen-bond acceptors (Lipinski definition) is 5. The summed E-state index contributed by atoms with van der Waals surface area (Å²) in [7, 11) is 1.77. The molecule has 0 saturated carbocycles. The lowest BCUT2D eigenvalue weighted by molar-refractivity contribution is -0.115. The maximum absolute atomic E-state index is 13.8. The minimum absolute atomic E-state index is 0.0292. The van der Waals surface area contributed by atoms with Crippen LogP contribution in [0.3, 0.4) is 0 Å². The molecule has 0 bridgehead atoms. The second-order valence-corrected chi connectivity index (χ2v) is 8.54.